The van der Waals surface area contributed by atoms with Gasteiger partial charge in [0.2, 0.25) is 0 Å². The minimum atomic E-state index is -0.277. The molecule has 0 radical (unpaired) electrons. The van der Waals surface area contributed by atoms with Crippen LogP contribution in [0, 0.1) is 0 Å². The van der Waals surface area contributed by atoms with Gasteiger partial charge in [-0.1, -0.05) is 5.16 Å². The van der Waals surface area contributed by atoms with Crippen LogP contribution in [-0.2, 0) is 0 Å². The third kappa shape index (κ3) is 1.55. The maximum absolute atomic E-state index is 8.42. The lowest BCUT2D eigenvalue weighted by Gasteiger charge is -2.21. The number of rotatable bonds is 0. The van der Waals surface area contributed by atoms with Crippen molar-refractivity contribution in [3.8, 4) is 0 Å². The summed E-state index contributed by atoms with van der Waals surface area (Å²) in [5.74, 6) is 0. The summed E-state index contributed by atoms with van der Waals surface area (Å²) in [6.07, 6.45) is 2.65. The molecule has 58 valence electrons. The molecule has 4 heteroatoms. The Labute approximate surface area is 69.8 Å². The number of nitrogens with zero attached hydrogens (tertiary/aromatic N) is 1. The third-order valence-corrected chi connectivity index (χ3v) is 2.83. The predicted octanol–water partition coefficient (Wildman–Crippen LogP) is 2.22. The van der Waals surface area contributed by atoms with Crippen molar-refractivity contribution < 1.29 is 5.21 Å². The van der Waals surface area contributed by atoms with Gasteiger partial charge in [0.15, 0.2) is 0 Å². The van der Waals surface area contributed by atoms with E-state index in [9.17, 15) is 0 Å². The zero-order valence-corrected chi connectivity index (χ0v) is 6.94. The second kappa shape index (κ2) is 3.44. The molecular formula is C6H9Cl2NO. The number of halogens is 2. The molecule has 0 bridgehead atoms. The van der Waals surface area contributed by atoms with Crippen LogP contribution in [0.1, 0.15) is 19.3 Å². The first-order valence-electron chi connectivity index (χ1n) is 3.24. The summed E-state index contributed by atoms with van der Waals surface area (Å²) >= 11 is 11.6. The van der Waals surface area contributed by atoms with Crippen molar-refractivity contribution in [1.29, 1.82) is 0 Å². The third-order valence-electron chi connectivity index (χ3n) is 1.68. The van der Waals surface area contributed by atoms with Crippen molar-refractivity contribution in [3.63, 3.8) is 0 Å². The quantitative estimate of drug-likeness (QED) is 0.347. The molecule has 1 N–H and O–H groups in total. The van der Waals surface area contributed by atoms with E-state index in [0.717, 1.165) is 19.3 Å². The van der Waals surface area contributed by atoms with E-state index in [2.05, 4.69) is 5.16 Å². The molecule has 0 heterocycles. The molecule has 1 rings (SSSR count). The fraction of sp³-hybridized carbons (Fsp3) is 0.833. The van der Waals surface area contributed by atoms with Crippen LogP contribution in [0.5, 0.6) is 0 Å². The summed E-state index contributed by atoms with van der Waals surface area (Å²) in [6.45, 7) is 0. The van der Waals surface area contributed by atoms with E-state index in [0.29, 0.717) is 5.71 Å². The van der Waals surface area contributed by atoms with E-state index in [4.69, 9.17) is 28.4 Å². The molecule has 0 aromatic heterocycles. The van der Waals surface area contributed by atoms with Crippen LogP contribution in [0.4, 0.5) is 0 Å². The number of oxime groups is 1. The molecule has 2 atom stereocenters. The van der Waals surface area contributed by atoms with E-state index in [1.54, 1.807) is 0 Å². The molecule has 1 fully saturated rings. The molecule has 0 amide bonds. The van der Waals surface area contributed by atoms with Gasteiger partial charge >= 0.3 is 0 Å². The Hall–Kier alpha value is 0.0500. The van der Waals surface area contributed by atoms with E-state index in [-0.39, 0.29) is 10.8 Å². The van der Waals surface area contributed by atoms with Crippen molar-refractivity contribution in [2.24, 2.45) is 5.16 Å². The van der Waals surface area contributed by atoms with Crippen LogP contribution < -0.4 is 0 Å². The molecule has 10 heavy (non-hydrogen) atoms. The Balaban J connectivity index is 2.60. The lowest BCUT2D eigenvalue weighted by molar-refractivity contribution is 0.314. The minimum absolute atomic E-state index is 0.0682. The Kier molecular flexibility index (Phi) is 2.81. The molecule has 1 aliphatic carbocycles. The monoisotopic (exact) mass is 181 g/mol. The molecule has 0 aromatic rings. The fourth-order valence-electron chi connectivity index (χ4n) is 1.08. The van der Waals surface area contributed by atoms with Gasteiger partial charge < -0.3 is 5.21 Å². The molecule has 1 saturated carbocycles. The summed E-state index contributed by atoms with van der Waals surface area (Å²) in [5.41, 5.74) is 0.618. The molecule has 2 nitrogen and oxygen atoms in total. The topological polar surface area (TPSA) is 32.6 Å². The average molecular weight is 182 g/mol. The zero-order valence-electron chi connectivity index (χ0n) is 5.43. The van der Waals surface area contributed by atoms with E-state index < -0.39 is 0 Å². The minimum Gasteiger partial charge on any atom is -0.411 e. The van der Waals surface area contributed by atoms with Gasteiger partial charge in [-0.2, -0.15) is 0 Å². The van der Waals surface area contributed by atoms with Crippen LogP contribution in [0.2, 0.25) is 0 Å². The Bertz CT molecular complexity index is 149. The van der Waals surface area contributed by atoms with E-state index in [1.165, 1.54) is 0 Å². The van der Waals surface area contributed by atoms with E-state index >= 15 is 0 Å². The van der Waals surface area contributed by atoms with Gasteiger partial charge in [-0.05, 0) is 19.3 Å². The first-order chi connectivity index (χ1) is 4.75. The first-order valence-corrected chi connectivity index (χ1v) is 4.12. The van der Waals surface area contributed by atoms with Crippen LogP contribution in [-0.4, -0.2) is 21.7 Å². The highest BCUT2D eigenvalue weighted by Crippen LogP contribution is 2.25. The number of alkyl halides is 2. The predicted molar refractivity (Wildman–Crippen MR) is 42.4 cm³/mol. The highest BCUT2D eigenvalue weighted by molar-refractivity contribution is 6.38. The molecule has 2 unspecified atom stereocenters. The second-order valence-corrected chi connectivity index (χ2v) is 3.43. The summed E-state index contributed by atoms with van der Waals surface area (Å²) in [5, 5.41) is 11.2. The highest BCUT2D eigenvalue weighted by atomic mass is 35.5. The van der Waals surface area contributed by atoms with Crippen molar-refractivity contribution in [3.05, 3.63) is 0 Å². The summed E-state index contributed by atoms with van der Waals surface area (Å²) in [7, 11) is 0. The lowest BCUT2D eigenvalue weighted by atomic mass is 9.98. The maximum atomic E-state index is 8.42. The Morgan fingerprint density at radius 2 is 2.20 bits per heavy atom. The van der Waals surface area contributed by atoms with Gasteiger partial charge in [0, 0.05) is 0 Å². The standard InChI is InChI=1S/C6H9Cl2NO/c7-4-2-1-3-5(9-10)6(4)8/h4,6,10H,1-3H2/b9-5-. The summed E-state index contributed by atoms with van der Waals surface area (Å²) in [6, 6.07) is 0. The summed E-state index contributed by atoms with van der Waals surface area (Å²) in [4.78, 5) is 0. The highest BCUT2D eigenvalue weighted by Gasteiger charge is 2.26. The van der Waals surface area contributed by atoms with E-state index in [1.807, 2.05) is 0 Å². The van der Waals surface area contributed by atoms with Gasteiger partial charge in [-0.3, -0.25) is 0 Å². The van der Waals surface area contributed by atoms with Gasteiger partial charge in [-0.25, -0.2) is 0 Å². The normalized spacial score (nSPS) is 38.4. The van der Waals surface area contributed by atoms with Crippen molar-refractivity contribution in [2.45, 2.75) is 30.0 Å². The Morgan fingerprint density at radius 1 is 1.50 bits per heavy atom. The van der Waals surface area contributed by atoms with Gasteiger partial charge in [0.05, 0.1) is 16.5 Å². The smallest absolute Gasteiger partial charge is 0.0914 e. The van der Waals surface area contributed by atoms with Crippen LogP contribution in [0.15, 0.2) is 5.16 Å². The fourth-order valence-corrected chi connectivity index (χ4v) is 1.65. The molecular weight excluding hydrogens is 173 g/mol. The molecule has 1 aliphatic rings. The zero-order chi connectivity index (χ0) is 7.56. The molecule has 0 spiro atoms. The summed E-state index contributed by atoms with van der Waals surface area (Å²) < 4.78 is 0. The van der Waals surface area contributed by atoms with Gasteiger partial charge in [0.25, 0.3) is 0 Å². The van der Waals surface area contributed by atoms with Gasteiger partial charge in [-0.15, -0.1) is 23.2 Å². The van der Waals surface area contributed by atoms with Crippen LogP contribution in [0.25, 0.3) is 0 Å². The van der Waals surface area contributed by atoms with Crippen LogP contribution >= 0.6 is 23.2 Å². The molecule has 0 aromatic carbocycles. The number of hydrogen-bond donors (Lipinski definition) is 1. The van der Waals surface area contributed by atoms with Crippen LogP contribution in [0.3, 0.4) is 0 Å². The maximum Gasteiger partial charge on any atom is 0.0914 e. The second-order valence-electron chi connectivity index (χ2n) is 2.40. The lowest BCUT2D eigenvalue weighted by Crippen LogP contribution is -2.29. The Morgan fingerprint density at radius 3 is 2.70 bits per heavy atom. The number of hydrogen-bond acceptors (Lipinski definition) is 2. The van der Waals surface area contributed by atoms with Gasteiger partial charge in [0.1, 0.15) is 0 Å². The van der Waals surface area contributed by atoms with Crippen molar-refractivity contribution in [2.75, 3.05) is 0 Å². The molecule has 0 saturated heterocycles. The molecule has 0 aliphatic heterocycles. The first kappa shape index (κ1) is 8.15. The van der Waals surface area contributed by atoms with Crippen molar-refractivity contribution >= 4 is 28.9 Å². The average Bonchev–Trinajstić information content (AvgIpc) is 1.95. The SMILES string of the molecule is O/N=C1/CCCC(Cl)C1Cl. The largest absolute Gasteiger partial charge is 0.411 e. The van der Waals surface area contributed by atoms with Crippen molar-refractivity contribution in [1.82, 2.24) is 0 Å².